The summed E-state index contributed by atoms with van der Waals surface area (Å²) in [5, 5.41) is 0.676. The molecule has 0 aliphatic rings. The lowest BCUT2D eigenvalue weighted by atomic mass is 10.2. The Kier molecular flexibility index (Phi) is 3.03. The summed E-state index contributed by atoms with van der Waals surface area (Å²) >= 11 is 5.80. The van der Waals surface area contributed by atoms with E-state index < -0.39 is 0 Å². The van der Waals surface area contributed by atoms with Crippen LogP contribution in [0.3, 0.4) is 0 Å². The molecule has 0 radical (unpaired) electrons. The molecule has 82 valence electrons. The molecule has 0 aliphatic heterocycles. The summed E-state index contributed by atoms with van der Waals surface area (Å²) in [6.07, 6.45) is 1.65. The molecule has 0 aliphatic carbocycles. The maximum absolute atomic E-state index is 5.80. The molecular formula is C11H11ClN4. The van der Waals surface area contributed by atoms with Crippen LogP contribution in [0.25, 0.3) is 11.4 Å². The number of hydrogen-bond acceptors (Lipinski definition) is 4. The molecular weight excluding hydrogens is 224 g/mol. The van der Waals surface area contributed by atoms with Crippen molar-refractivity contribution in [1.82, 2.24) is 9.97 Å². The molecule has 2 aromatic rings. The van der Waals surface area contributed by atoms with Crippen molar-refractivity contribution < 1.29 is 0 Å². The van der Waals surface area contributed by atoms with E-state index >= 15 is 0 Å². The summed E-state index contributed by atoms with van der Waals surface area (Å²) in [6.45, 7) is 0.340. The average Bonchev–Trinajstić information content (AvgIpc) is 2.30. The summed E-state index contributed by atoms with van der Waals surface area (Å²) < 4.78 is 0. The number of hydrogen-bond donors (Lipinski definition) is 2. The van der Waals surface area contributed by atoms with Crippen molar-refractivity contribution in [2.45, 2.75) is 6.54 Å². The smallest absolute Gasteiger partial charge is 0.161 e. The molecule has 0 unspecified atom stereocenters. The van der Waals surface area contributed by atoms with E-state index in [0.717, 1.165) is 11.1 Å². The minimum Gasteiger partial charge on any atom is -0.383 e. The summed E-state index contributed by atoms with van der Waals surface area (Å²) in [6, 6.07) is 7.26. The highest BCUT2D eigenvalue weighted by Gasteiger charge is 2.04. The van der Waals surface area contributed by atoms with Gasteiger partial charge in [0.15, 0.2) is 5.82 Å². The van der Waals surface area contributed by atoms with Crippen LogP contribution in [-0.4, -0.2) is 9.97 Å². The van der Waals surface area contributed by atoms with E-state index in [9.17, 15) is 0 Å². The van der Waals surface area contributed by atoms with Crippen LogP contribution in [0.15, 0.2) is 30.5 Å². The predicted octanol–water partition coefficient (Wildman–Crippen LogP) is 1.84. The predicted molar refractivity (Wildman–Crippen MR) is 64.8 cm³/mol. The van der Waals surface area contributed by atoms with Gasteiger partial charge in [-0.25, -0.2) is 9.97 Å². The lowest BCUT2D eigenvalue weighted by Crippen LogP contribution is -2.05. The fourth-order valence-electron chi connectivity index (χ4n) is 1.32. The van der Waals surface area contributed by atoms with Crippen LogP contribution < -0.4 is 11.5 Å². The van der Waals surface area contributed by atoms with E-state index in [1.165, 1.54) is 0 Å². The average molecular weight is 235 g/mol. The van der Waals surface area contributed by atoms with Crippen molar-refractivity contribution in [2.75, 3.05) is 5.73 Å². The number of nitrogens with two attached hydrogens (primary N) is 2. The maximum atomic E-state index is 5.80. The van der Waals surface area contributed by atoms with Crippen molar-refractivity contribution in [3.63, 3.8) is 0 Å². The third-order valence-electron chi connectivity index (χ3n) is 2.22. The number of rotatable bonds is 2. The zero-order valence-corrected chi connectivity index (χ0v) is 9.28. The second kappa shape index (κ2) is 4.47. The van der Waals surface area contributed by atoms with Crippen molar-refractivity contribution in [3.8, 4) is 11.4 Å². The van der Waals surface area contributed by atoms with Gasteiger partial charge in [0.25, 0.3) is 0 Å². The van der Waals surface area contributed by atoms with Crippen molar-refractivity contribution in [2.24, 2.45) is 5.73 Å². The van der Waals surface area contributed by atoms with Crippen molar-refractivity contribution in [3.05, 3.63) is 41.0 Å². The number of nitrogens with zero attached hydrogens (tertiary/aromatic N) is 2. The lowest BCUT2D eigenvalue weighted by Gasteiger charge is -2.04. The maximum Gasteiger partial charge on any atom is 0.161 e. The highest BCUT2D eigenvalue weighted by Crippen LogP contribution is 2.19. The Morgan fingerprint density at radius 3 is 2.44 bits per heavy atom. The number of anilines is 1. The zero-order chi connectivity index (χ0) is 11.5. The van der Waals surface area contributed by atoms with Crippen LogP contribution in [0.1, 0.15) is 5.56 Å². The molecule has 16 heavy (non-hydrogen) atoms. The summed E-state index contributed by atoms with van der Waals surface area (Å²) in [5.41, 5.74) is 12.8. The van der Waals surface area contributed by atoms with E-state index in [0.29, 0.717) is 23.2 Å². The molecule has 0 saturated carbocycles. The second-order valence-electron chi connectivity index (χ2n) is 3.32. The van der Waals surface area contributed by atoms with Gasteiger partial charge >= 0.3 is 0 Å². The Hall–Kier alpha value is -1.65. The molecule has 2 rings (SSSR count). The number of aromatic nitrogens is 2. The quantitative estimate of drug-likeness (QED) is 0.831. The standard InChI is InChI=1S/C11H11ClN4/c12-9-3-1-7(2-4-9)11-15-6-8(5-13)10(14)16-11/h1-4,6H,5,13H2,(H2,14,15,16). The zero-order valence-electron chi connectivity index (χ0n) is 8.52. The Balaban J connectivity index is 2.41. The fraction of sp³-hybridized carbons (Fsp3) is 0.0909. The van der Waals surface area contributed by atoms with Crippen LogP contribution in [0.4, 0.5) is 5.82 Å². The number of benzene rings is 1. The molecule has 4 nitrogen and oxygen atoms in total. The molecule has 0 atom stereocenters. The van der Waals surface area contributed by atoms with E-state index in [1.807, 2.05) is 12.1 Å². The van der Waals surface area contributed by atoms with Crippen molar-refractivity contribution >= 4 is 17.4 Å². The van der Waals surface area contributed by atoms with Gasteiger partial charge in [-0.15, -0.1) is 0 Å². The highest BCUT2D eigenvalue weighted by molar-refractivity contribution is 6.30. The van der Waals surface area contributed by atoms with Gasteiger partial charge in [0.1, 0.15) is 5.82 Å². The normalized spacial score (nSPS) is 10.4. The van der Waals surface area contributed by atoms with E-state index in [-0.39, 0.29) is 0 Å². The molecule has 1 aromatic heterocycles. The fourth-order valence-corrected chi connectivity index (χ4v) is 1.44. The van der Waals surface area contributed by atoms with E-state index in [1.54, 1.807) is 18.3 Å². The molecule has 0 fully saturated rings. The second-order valence-corrected chi connectivity index (χ2v) is 3.75. The monoisotopic (exact) mass is 234 g/mol. The van der Waals surface area contributed by atoms with Gasteiger partial charge < -0.3 is 11.5 Å². The Morgan fingerprint density at radius 1 is 1.19 bits per heavy atom. The molecule has 0 amide bonds. The number of halogens is 1. The first kappa shape index (κ1) is 10.9. The van der Waals surface area contributed by atoms with Gasteiger partial charge in [-0.3, -0.25) is 0 Å². The third-order valence-corrected chi connectivity index (χ3v) is 2.47. The Bertz CT molecular complexity index is 496. The van der Waals surface area contributed by atoms with Gasteiger partial charge in [0.05, 0.1) is 0 Å². The lowest BCUT2D eigenvalue weighted by molar-refractivity contribution is 1.02. The van der Waals surface area contributed by atoms with Crippen LogP contribution in [0, 0.1) is 0 Å². The SMILES string of the molecule is NCc1cnc(-c2ccc(Cl)cc2)nc1N. The summed E-state index contributed by atoms with van der Waals surface area (Å²) in [5.74, 6) is 0.994. The first-order valence-corrected chi connectivity index (χ1v) is 5.16. The summed E-state index contributed by atoms with van der Waals surface area (Å²) in [4.78, 5) is 8.38. The molecule has 4 N–H and O–H groups in total. The Morgan fingerprint density at radius 2 is 1.88 bits per heavy atom. The van der Waals surface area contributed by atoms with Gasteiger partial charge in [-0.1, -0.05) is 11.6 Å². The van der Waals surface area contributed by atoms with Gasteiger partial charge in [0.2, 0.25) is 0 Å². The molecule has 5 heteroatoms. The first-order valence-electron chi connectivity index (χ1n) is 4.78. The Labute approximate surface area is 98.3 Å². The van der Waals surface area contributed by atoms with Crippen LogP contribution in [-0.2, 0) is 6.54 Å². The van der Waals surface area contributed by atoms with Gasteiger partial charge in [-0.2, -0.15) is 0 Å². The topological polar surface area (TPSA) is 77.8 Å². The molecule has 1 aromatic carbocycles. The van der Waals surface area contributed by atoms with Gasteiger partial charge in [-0.05, 0) is 24.3 Å². The van der Waals surface area contributed by atoms with E-state index in [4.69, 9.17) is 23.1 Å². The van der Waals surface area contributed by atoms with Crippen molar-refractivity contribution in [1.29, 1.82) is 0 Å². The first-order chi connectivity index (χ1) is 7.70. The molecule has 0 bridgehead atoms. The largest absolute Gasteiger partial charge is 0.383 e. The third kappa shape index (κ3) is 2.13. The van der Waals surface area contributed by atoms with Gasteiger partial charge in [0, 0.05) is 28.9 Å². The molecule has 0 saturated heterocycles. The summed E-state index contributed by atoms with van der Waals surface area (Å²) in [7, 11) is 0. The number of nitrogen functional groups attached to an aromatic ring is 1. The van der Waals surface area contributed by atoms with Crippen LogP contribution >= 0.6 is 11.6 Å². The van der Waals surface area contributed by atoms with Crippen LogP contribution in [0.2, 0.25) is 5.02 Å². The van der Waals surface area contributed by atoms with E-state index in [2.05, 4.69) is 9.97 Å². The minimum absolute atomic E-state index is 0.340. The highest BCUT2D eigenvalue weighted by atomic mass is 35.5. The van der Waals surface area contributed by atoms with Crippen LogP contribution in [0.5, 0.6) is 0 Å². The molecule has 0 spiro atoms. The minimum atomic E-state index is 0.340. The molecule has 1 heterocycles.